The van der Waals surface area contributed by atoms with Gasteiger partial charge in [-0.3, -0.25) is 9.59 Å². The summed E-state index contributed by atoms with van der Waals surface area (Å²) in [7, 11) is 1.33. The predicted molar refractivity (Wildman–Crippen MR) is 107 cm³/mol. The molecule has 1 fully saturated rings. The van der Waals surface area contributed by atoms with Crippen molar-refractivity contribution in [2.45, 2.75) is 53.1 Å². The van der Waals surface area contributed by atoms with Gasteiger partial charge in [0.1, 0.15) is 11.5 Å². The summed E-state index contributed by atoms with van der Waals surface area (Å²) in [5, 5.41) is 0. The standard InChI is InChI=1S/C22H28N2O5/c1-5-24-15(3)19(14(2)20(24)22(27)28-4)18(25)13-23(12-17-10-7-11-29-17)21(26)16-8-6-9-16/h7,10-11,16H,5-6,8-9,12-13H2,1-4H3. The van der Waals surface area contributed by atoms with Crippen LogP contribution in [0.5, 0.6) is 0 Å². The van der Waals surface area contributed by atoms with Crippen LogP contribution in [0.4, 0.5) is 0 Å². The summed E-state index contributed by atoms with van der Waals surface area (Å²) in [5.41, 5.74) is 2.18. The number of ketones is 1. The zero-order chi connectivity index (χ0) is 21.1. The van der Waals surface area contributed by atoms with E-state index in [4.69, 9.17) is 9.15 Å². The van der Waals surface area contributed by atoms with Gasteiger partial charge in [0.05, 0.1) is 26.5 Å². The van der Waals surface area contributed by atoms with Gasteiger partial charge >= 0.3 is 5.97 Å². The van der Waals surface area contributed by atoms with Crippen LogP contribution in [0.2, 0.25) is 0 Å². The lowest BCUT2D eigenvalue weighted by molar-refractivity contribution is -0.138. The van der Waals surface area contributed by atoms with E-state index in [1.54, 1.807) is 34.8 Å². The average Bonchev–Trinajstić information content (AvgIpc) is 3.24. The lowest BCUT2D eigenvalue weighted by Gasteiger charge is -2.31. The van der Waals surface area contributed by atoms with Crippen molar-refractivity contribution in [3.63, 3.8) is 0 Å². The maximum absolute atomic E-state index is 13.3. The topological polar surface area (TPSA) is 81.8 Å². The van der Waals surface area contributed by atoms with E-state index in [1.165, 1.54) is 7.11 Å². The van der Waals surface area contributed by atoms with Crippen LogP contribution in [0, 0.1) is 19.8 Å². The van der Waals surface area contributed by atoms with Crippen LogP contribution in [-0.2, 0) is 22.6 Å². The lowest BCUT2D eigenvalue weighted by Crippen LogP contribution is -2.41. The maximum atomic E-state index is 13.3. The van der Waals surface area contributed by atoms with Crippen molar-refractivity contribution in [2.24, 2.45) is 5.92 Å². The van der Waals surface area contributed by atoms with Gasteiger partial charge in [0, 0.05) is 23.7 Å². The maximum Gasteiger partial charge on any atom is 0.354 e. The van der Waals surface area contributed by atoms with Crippen LogP contribution in [-0.4, -0.2) is 40.8 Å². The Bertz CT molecular complexity index is 906. The fourth-order valence-electron chi connectivity index (χ4n) is 4.03. The number of Topliss-reactive ketones (excluding diaryl/α,β-unsaturated/α-hetero) is 1. The summed E-state index contributed by atoms with van der Waals surface area (Å²) in [6, 6.07) is 3.56. The highest BCUT2D eigenvalue weighted by Crippen LogP contribution is 2.30. The fraction of sp³-hybridized carbons (Fsp3) is 0.500. The van der Waals surface area contributed by atoms with Crippen molar-refractivity contribution < 1.29 is 23.5 Å². The molecule has 0 bridgehead atoms. The predicted octanol–water partition coefficient (Wildman–Crippen LogP) is 3.52. The molecule has 1 saturated carbocycles. The molecule has 0 atom stereocenters. The third-order valence-corrected chi connectivity index (χ3v) is 5.77. The van der Waals surface area contributed by atoms with Crippen LogP contribution in [0.25, 0.3) is 0 Å². The number of carbonyl (C=O) groups is 3. The van der Waals surface area contributed by atoms with Gasteiger partial charge in [-0.25, -0.2) is 4.79 Å². The number of furan rings is 1. The number of amides is 1. The summed E-state index contributed by atoms with van der Waals surface area (Å²) in [6.45, 7) is 6.23. The first-order chi connectivity index (χ1) is 13.9. The molecule has 0 saturated heterocycles. The largest absolute Gasteiger partial charge is 0.467 e. The second kappa shape index (κ2) is 8.68. The van der Waals surface area contributed by atoms with E-state index in [1.807, 2.05) is 13.8 Å². The number of esters is 1. The van der Waals surface area contributed by atoms with E-state index in [-0.39, 0.29) is 30.7 Å². The molecular weight excluding hydrogens is 372 g/mol. The molecule has 1 aliphatic rings. The summed E-state index contributed by atoms with van der Waals surface area (Å²) in [4.78, 5) is 40.0. The van der Waals surface area contributed by atoms with Gasteiger partial charge in [-0.15, -0.1) is 0 Å². The zero-order valence-electron chi connectivity index (χ0n) is 17.5. The average molecular weight is 400 g/mol. The minimum atomic E-state index is -0.468. The first-order valence-corrected chi connectivity index (χ1v) is 10.0. The Morgan fingerprint density at radius 1 is 1.28 bits per heavy atom. The molecule has 0 N–H and O–H groups in total. The SMILES string of the molecule is CCn1c(C)c(C(=O)CN(Cc2ccco2)C(=O)C2CCC2)c(C)c1C(=O)OC. The van der Waals surface area contributed by atoms with Crippen LogP contribution >= 0.6 is 0 Å². The zero-order valence-corrected chi connectivity index (χ0v) is 17.5. The van der Waals surface area contributed by atoms with Gasteiger partial charge in [-0.2, -0.15) is 0 Å². The molecule has 2 aromatic rings. The molecule has 156 valence electrons. The number of carbonyl (C=O) groups excluding carboxylic acids is 3. The number of hydrogen-bond donors (Lipinski definition) is 0. The van der Waals surface area contributed by atoms with Crippen LogP contribution in [0.3, 0.4) is 0 Å². The van der Waals surface area contributed by atoms with Gasteiger partial charge in [-0.05, 0) is 51.3 Å². The molecule has 0 spiro atoms. The van der Waals surface area contributed by atoms with Crippen molar-refractivity contribution in [1.82, 2.24) is 9.47 Å². The molecule has 0 aromatic carbocycles. The third kappa shape index (κ3) is 3.99. The van der Waals surface area contributed by atoms with Gasteiger partial charge < -0.3 is 18.6 Å². The van der Waals surface area contributed by atoms with E-state index in [2.05, 4.69) is 0 Å². The lowest BCUT2D eigenvalue weighted by atomic mass is 9.84. The molecule has 2 aromatic heterocycles. The number of methoxy groups -OCH3 is 1. The van der Waals surface area contributed by atoms with Crippen LogP contribution < -0.4 is 0 Å². The van der Waals surface area contributed by atoms with Crippen molar-refractivity contribution in [3.05, 3.63) is 46.7 Å². The normalized spacial score (nSPS) is 13.8. The Labute approximate surface area is 170 Å². The van der Waals surface area contributed by atoms with E-state index >= 15 is 0 Å². The summed E-state index contributed by atoms with van der Waals surface area (Å²) >= 11 is 0. The Hall–Kier alpha value is -2.83. The van der Waals surface area contributed by atoms with Crippen molar-refractivity contribution >= 4 is 17.7 Å². The van der Waals surface area contributed by atoms with E-state index in [0.717, 1.165) is 19.3 Å². The monoisotopic (exact) mass is 400 g/mol. The van der Waals surface area contributed by atoms with Crippen molar-refractivity contribution in [2.75, 3.05) is 13.7 Å². The first-order valence-electron chi connectivity index (χ1n) is 10.0. The Balaban J connectivity index is 1.90. The molecule has 7 heteroatoms. The number of nitrogens with zero attached hydrogens (tertiary/aromatic N) is 2. The highest BCUT2D eigenvalue weighted by Gasteiger charge is 2.33. The molecule has 0 aliphatic heterocycles. The van der Waals surface area contributed by atoms with Gasteiger partial charge in [0.2, 0.25) is 5.91 Å². The number of ether oxygens (including phenoxy) is 1. The van der Waals surface area contributed by atoms with Crippen molar-refractivity contribution in [3.8, 4) is 0 Å². The molecule has 7 nitrogen and oxygen atoms in total. The summed E-state index contributed by atoms with van der Waals surface area (Å²) in [5.74, 6) is -0.0494. The minimum absolute atomic E-state index is 0.0144. The molecular formula is C22H28N2O5. The summed E-state index contributed by atoms with van der Waals surface area (Å²) in [6.07, 6.45) is 4.32. The first kappa shape index (κ1) is 20.9. The Morgan fingerprint density at radius 3 is 2.52 bits per heavy atom. The number of aromatic nitrogens is 1. The second-order valence-corrected chi connectivity index (χ2v) is 7.49. The molecule has 2 heterocycles. The highest BCUT2D eigenvalue weighted by atomic mass is 16.5. The molecule has 0 radical (unpaired) electrons. The minimum Gasteiger partial charge on any atom is -0.467 e. The molecule has 3 rings (SSSR count). The smallest absolute Gasteiger partial charge is 0.354 e. The van der Waals surface area contributed by atoms with E-state index < -0.39 is 5.97 Å². The Kier molecular flexibility index (Phi) is 6.25. The van der Waals surface area contributed by atoms with Crippen molar-refractivity contribution in [1.29, 1.82) is 0 Å². The summed E-state index contributed by atoms with van der Waals surface area (Å²) < 4.78 is 12.1. The third-order valence-electron chi connectivity index (χ3n) is 5.77. The van der Waals surface area contributed by atoms with Crippen LogP contribution in [0.1, 0.15) is 64.1 Å². The quantitative estimate of drug-likeness (QED) is 0.500. The second-order valence-electron chi connectivity index (χ2n) is 7.49. The molecule has 29 heavy (non-hydrogen) atoms. The molecule has 1 aliphatic carbocycles. The van der Waals surface area contributed by atoms with E-state index in [9.17, 15) is 14.4 Å². The number of hydrogen-bond acceptors (Lipinski definition) is 5. The van der Waals surface area contributed by atoms with Gasteiger partial charge in [-0.1, -0.05) is 6.42 Å². The molecule has 1 amide bonds. The highest BCUT2D eigenvalue weighted by molar-refractivity contribution is 6.04. The van der Waals surface area contributed by atoms with Gasteiger partial charge in [0.25, 0.3) is 0 Å². The number of rotatable bonds is 8. The molecule has 0 unspecified atom stereocenters. The fourth-order valence-corrected chi connectivity index (χ4v) is 4.03. The Morgan fingerprint density at radius 2 is 2.00 bits per heavy atom. The van der Waals surface area contributed by atoms with E-state index in [0.29, 0.717) is 34.8 Å². The van der Waals surface area contributed by atoms with Crippen LogP contribution in [0.15, 0.2) is 22.8 Å². The van der Waals surface area contributed by atoms with Gasteiger partial charge in [0.15, 0.2) is 5.78 Å².